The van der Waals surface area contributed by atoms with Gasteiger partial charge in [-0.25, -0.2) is 9.97 Å². The van der Waals surface area contributed by atoms with Crippen molar-refractivity contribution in [1.82, 2.24) is 9.97 Å². The maximum absolute atomic E-state index is 12.7. The highest BCUT2D eigenvalue weighted by molar-refractivity contribution is 8.00. The fourth-order valence-electron chi connectivity index (χ4n) is 3.28. The Hall–Kier alpha value is -2.48. The van der Waals surface area contributed by atoms with Crippen LogP contribution in [0.1, 0.15) is 5.56 Å². The van der Waals surface area contributed by atoms with E-state index in [9.17, 15) is 4.79 Å². The summed E-state index contributed by atoms with van der Waals surface area (Å²) in [7, 11) is 0. The molecule has 2 heterocycles. The Labute approximate surface area is 173 Å². The van der Waals surface area contributed by atoms with Gasteiger partial charge >= 0.3 is 0 Å². The van der Waals surface area contributed by atoms with Gasteiger partial charge in [-0.05, 0) is 34.7 Å². The third kappa shape index (κ3) is 3.15. The zero-order chi connectivity index (χ0) is 19.1. The number of aromatic nitrogens is 2. The van der Waals surface area contributed by atoms with Crippen LogP contribution in [0.5, 0.6) is 0 Å². The van der Waals surface area contributed by atoms with E-state index in [1.165, 1.54) is 11.3 Å². The monoisotopic (exact) mass is 421 g/mol. The van der Waals surface area contributed by atoms with Crippen molar-refractivity contribution >= 4 is 76.7 Å². The number of carbonyl (C=O) groups excluding carboxylic acids is 1. The van der Waals surface area contributed by atoms with Crippen molar-refractivity contribution in [3.05, 3.63) is 60.2 Å². The van der Waals surface area contributed by atoms with Crippen LogP contribution in [0.25, 0.3) is 31.2 Å². The van der Waals surface area contributed by atoms with Gasteiger partial charge in [-0.15, -0.1) is 11.3 Å². The molecule has 0 atom stereocenters. The molecule has 0 aliphatic heterocycles. The molecule has 0 saturated heterocycles. The van der Waals surface area contributed by atoms with Crippen LogP contribution in [-0.2, 0) is 11.2 Å². The molecule has 0 spiro atoms. The summed E-state index contributed by atoms with van der Waals surface area (Å²) in [5.41, 5.74) is 2.90. The van der Waals surface area contributed by atoms with Gasteiger partial charge in [-0.3, -0.25) is 4.79 Å². The highest BCUT2D eigenvalue weighted by Crippen LogP contribution is 2.38. The first-order valence-electron chi connectivity index (χ1n) is 8.72. The smallest absolute Gasteiger partial charge is 0.230 e. The van der Waals surface area contributed by atoms with Crippen molar-refractivity contribution in [1.29, 1.82) is 0 Å². The molecule has 5 aromatic rings. The number of nitrogens with zero attached hydrogens (tertiary/aromatic N) is 2. The lowest BCUT2D eigenvalue weighted by Gasteiger charge is -2.06. The van der Waals surface area contributed by atoms with E-state index >= 15 is 0 Å². The number of thiazole rings is 2. The predicted molar refractivity (Wildman–Crippen MR) is 121 cm³/mol. The number of nitrogens with one attached hydrogen (secondary N) is 1. The first-order valence-corrected chi connectivity index (χ1v) is 11.6. The van der Waals surface area contributed by atoms with Crippen molar-refractivity contribution in [3.8, 4) is 0 Å². The summed E-state index contributed by atoms with van der Waals surface area (Å²) in [6, 6.07) is 18.2. The summed E-state index contributed by atoms with van der Waals surface area (Å²) in [4.78, 5) is 21.9. The van der Waals surface area contributed by atoms with Gasteiger partial charge in [0.2, 0.25) is 5.91 Å². The number of thioether (sulfide) groups is 1. The first-order chi connectivity index (χ1) is 13.7. The normalized spacial score (nSPS) is 11.5. The Balaban J connectivity index is 1.43. The topological polar surface area (TPSA) is 54.9 Å². The minimum atomic E-state index is -0.0549. The van der Waals surface area contributed by atoms with Crippen LogP contribution < -0.4 is 5.32 Å². The Kier molecular flexibility index (Phi) is 4.50. The average molecular weight is 422 g/mol. The lowest BCUT2D eigenvalue weighted by Crippen LogP contribution is -2.14. The Morgan fingerprint density at radius 3 is 2.57 bits per heavy atom. The van der Waals surface area contributed by atoms with Gasteiger partial charge in [0.15, 0.2) is 9.47 Å². The molecule has 0 radical (unpaired) electrons. The molecule has 0 fully saturated rings. The number of anilines is 1. The number of amides is 1. The highest BCUT2D eigenvalue weighted by atomic mass is 32.2. The average Bonchev–Trinajstić information content (AvgIpc) is 3.31. The lowest BCUT2D eigenvalue weighted by molar-refractivity contribution is -0.115. The van der Waals surface area contributed by atoms with E-state index in [0.29, 0.717) is 11.6 Å². The van der Waals surface area contributed by atoms with Crippen molar-refractivity contribution in [2.45, 2.75) is 10.8 Å². The molecule has 2 aromatic heterocycles. The van der Waals surface area contributed by atoms with Crippen molar-refractivity contribution in [2.24, 2.45) is 0 Å². The molecular weight excluding hydrogens is 406 g/mol. The van der Waals surface area contributed by atoms with Gasteiger partial charge in [0, 0.05) is 0 Å². The van der Waals surface area contributed by atoms with Crippen LogP contribution in [0.2, 0.25) is 0 Å². The molecule has 0 aliphatic carbocycles. The minimum Gasteiger partial charge on any atom is -0.302 e. The molecule has 1 N–H and O–H groups in total. The van der Waals surface area contributed by atoms with Gasteiger partial charge < -0.3 is 5.32 Å². The van der Waals surface area contributed by atoms with Gasteiger partial charge in [0.05, 0.1) is 26.9 Å². The molecule has 0 bridgehead atoms. The van der Waals surface area contributed by atoms with E-state index in [1.807, 2.05) is 42.7 Å². The minimum absolute atomic E-state index is 0.0549. The summed E-state index contributed by atoms with van der Waals surface area (Å²) in [6.07, 6.45) is 2.35. The third-order valence-electron chi connectivity index (χ3n) is 4.54. The van der Waals surface area contributed by atoms with Gasteiger partial charge in [0.1, 0.15) is 0 Å². The van der Waals surface area contributed by atoms with Crippen molar-refractivity contribution < 1.29 is 4.79 Å². The fourth-order valence-corrected chi connectivity index (χ4v) is 5.95. The van der Waals surface area contributed by atoms with Gasteiger partial charge in [-0.2, -0.15) is 0 Å². The molecule has 0 aliphatic rings. The van der Waals surface area contributed by atoms with Crippen LogP contribution in [-0.4, -0.2) is 22.1 Å². The number of rotatable bonds is 4. The maximum atomic E-state index is 12.7. The summed E-state index contributed by atoms with van der Waals surface area (Å²) in [5.74, 6) is -0.0549. The highest BCUT2D eigenvalue weighted by Gasteiger charge is 2.14. The maximum Gasteiger partial charge on any atom is 0.230 e. The quantitative estimate of drug-likeness (QED) is 0.364. The Morgan fingerprint density at radius 1 is 0.964 bits per heavy atom. The van der Waals surface area contributed by atoms with Crippen molar-refractivity contribution in [2.75, 3.05) is 11.6 Å². The number of hydrogen-bond acceptors (Lipinski definition) is 6. The number of benzene rings is 3. The number of hydrogen-bond donors (Lipinski definition) is 1. The third-order valence-corrected chi connectivity index (χ3v) is 7.75. The first kappa shape index (κ1) is 17.6. The second-order valence-electron chi connectivity index (χ2n) is 6.33. The fraction of sp³-hybridized carbons (Fsp3) is 0.0952. The van der Waals surface area contributed by atoms with E-state index in [4.69, 9.17) is 0 Å². The van der Waals surface area contributed by atoms with Gasteiger partial charge in [0.25, 0.3) is 0 Å². The second-order valence-corrected chi connectivity index (χ2v) is 9.38. The number of carbonyl (C=O) groups is 1. The molecule has 28 heavy (non-hydrogen) atoms. The van der Waals surface area contributed by atoms with Crippen LogP contribution in [0, 0.1) is 0 Å². The summed E-state index contributed by atoms with van der Waals surface area (Å²) >= 11 is 4.83. The molecule has 7 heteroatoms. The van der Waals surface area contributed by atoms with E-state index in [1.54, 1.807) is 23.1 Å². The lowest BCUT2D eigenvalue weighted by atomic mass is 10.0. The molecule has 1 amide bonds. The van der Waals surface area contributed by atoms with E-state index < -0.39 is 0 Å². The summed E-state index contributed by atoms with van der Waals surface area (Å²) < 4.78 is 3.25. The van der Waals surface area contributed by atoms with Crippen LogP contribution in [0.4, 0.5) is 5.13 Å². The van der Waals surface area contributed by atoms with E-state index in [-0.39, 0.29) is 5.91 Å². The summed E-state index contributed by atoms with van der Waals surface area (Å²) in [6.45, 7) is 0. The largest absolute Gasteiger partial charge is 0.302 e. The number of fused-ring (bicyclic) bond motifs is 4. The SMILES string of the molecule is CSc1nc2ccc3nc(NC(=O)Cc4cccc5ccccc45)sc3c2s1. The standard InChI is InChI=1S/C21H15N3OS3/c1-26-21-23-16-10-9-15-18(19(16)28-21)27-20(22-15)24-17(25)11-13-7-4-6-12-5-2-3-8-14(12)13/h2-10H,11H2,1H3,(H,22,24,25). The molecule has 5 rings (SSSR count). The predicted octanol–water partition coefficient (Wildman–Crippen LogP) is 5.96. The zero-order valence-corrected chi connectivity index (χ0v) is 17.4. The molecular formula is C21H15N3OS3. The van der Waals surface area contributed by atoms with Crippen LogP contribution >= 0.6 is 34.4 Å². The summed E-state index contributed by atoms with van der Waals surface area (Å²) in [5, 5.41) is 5.86. The molecule has 138 valence electrons. The van der Waals surface area contributed by atoms with Crippen LogP contribution in [0.3, 0.4) is 0 Å². The Bertz CT molecular complexity index is 1330. The Morgan fingerprint density at radius 2 is 1.71 bits per heavy atom. The zero-order valence-electron chi connectivity index (χ0n) is 14.9. The molecule has 0 saturated carbocycles. The van der Waals surface area contributed by atoms with Crippen LogP contribution in [0.15, 0.2) is 58.9 Å². The van der Waals surface area contributed by atoms with E-state index in [0.717, 1.165) is 41.1 Å². The second kappa shape index (κ2) is 7.16. The molecule has 0 unspecified atom stereocenters. The van der Waals surface area contributed by atoms with E-state index in [2.05, 4.69) is 33.5 Å². The molecule has 4 nitrogen and oxygen atoms in total. The van der Waals surface area contributed by atoms with Crippen molar-refractivity contribution in [3.63, 3.8) is 0 Å². The molecule has 3 aromatic carbocycles. The van der Waals surface area contributed by atoms with Gasteiger partial charge in [-0.1, -0.05) is 65.6 Å².